The summed E-state index contributed by atoms with van der Waals surface area (Å²) >= 11 is 0. The van der Waals surface area contributed by atoms with Gasteiger partial charge in [0, 0.05) is 22.2 Å². The third-order valence-corrected chi connectivity index (χ3v) is 1.19. The van der Waals surface area contributed by atoms with Gasteiger partial charge in [0.2, 0.25) is 0 Å². The zero-order valence-corrected chi connectivity index (χ0v) is 6.03. The first-order valence-electron chi connectivity index (χ1n) is 5.96. The molecule has 0 atom stereocenters. The number of rotatable bonds is 2. The normalized spacial score (nSPS) is 19.7. The number of methoxy groups -OCH3 is 1. The van der Waals surface area contributed by atoms with E-state index < -0.39 is 14.0 Å². The topological polar surface area (TPSA) is 25.4 Å². The molecule has 0 fully saturated rings. The Morgan fingerprint density at radius 1 is 1.55 bits per heavy atom. The second kappa shape index (κ2) is 3.23. The largest absolute Gasteiger partial charge is 0.495 e. The average Bonchev–Trinajstić information content (AvgIpc) is 2.14. The fraction of sp³-hybridized carbons (Fsp3) is 0.375. The molecule has 0 saturated heterocycles. The van der Waals surface area contributed by atoms with Gasteiger partial charge in [-0.25, -0.2) is 4.98 Å². The molecule has 0 aliphatic carbocycles. The van der Waals surface area contributed by atoms with Crippen LogP contribution >= 0.6 is 0 Å². The van der Waals surface area contributed by atoms with E-state index in [4.69, 9.17) is 13.0 Å². The SMILES string of the molecule is [2H]C([2H])([2H])N(c1ccc(OC)cn1)C([2H])([2H])[2H]. The van der Waals surface area contributed by atoms with Crippen LogP contribution in [0, 0.1) is 0 Å². The first-order chi connectivity index (χ1) is 7.66. The third kappa shape index (κ3) is 1.83. The zero-order valence-electron chi connectivity index (χ0n) is 12.0. The van der Waals surface area contributed by atoms with E-state index in [0.29, 0.717) is 10.6 Å². The number of hydrogen-bond acceptors (Lipinski definition) is 3. The van der Waals surface area contributed by atoms with Crippen molar-refractivity contribution >= 4 is 5.82 Å². The minimum absolute atomic E-state index is 0.147. The van der Waals surface area contributed by atoms with Gasteiger partial charge in [0.05, 0.1) is 13.3 Å². The Bertz CT molecular complexity index is 357. The predicted octanol–water partition coefficient (Wildman–Crippen LogP) is 1.16. The van der Waals surface area contributed by atoms with E-state index in [-0.39, 0.29) is 5.82 Å². The summed E-state index contributed by atoms with van der Waals surface area (Å²) in [6, 6.07) is 2.74. The lowest BCUT2D eigenvalue weighted by molar-refractivity contribution is 0.413. The Kier molecular flexibility index (Phi) is 0.884. The van der Waals surface area contributed by atoms with Gasteiger partial charge in [-0.05, 0) is 12.1 Å². The van der Waals surface area contributed by atoms with Crippen molar-refractivity contribution in [2.75, 3.05) is 26.0 Å². The van der Waals surface area contributed by atoms with E-state index in [1.807, 2.05) is 0 Å². The molecule has 0 aromatic carbocycles. The Labute approximate surface area is 75.0 Å². The molecule has 0 saturated carbocycles. The van der Waals surface area contributed by atoms with Crippen LogP contribution in [-0.4, -0.2) is 26.0 Å². The minimum atomic E-state index is -2.78. The number of nitrogens with zero attached hydrogens (tertiary/aromatic N) is 2. The fourth-order valence-electron chi connectivity index (χ4n) is 0.626. The van der Waals surface area contributed by atoms with Crippen molar-refractivity contribution in [3.63, 3.8) is 0 Å². The van der Waals surface area contributed by atoms with Gasteiger partial charge in [0.25, 0.3) is 0 Å². The lowest BCUT2D eigenvalue weighted by Crippen LogP contribution is -2.09. The molecule has 1 aromatic rings. The summed E-state index contributed by atoms with van der Waals surface area (Å²) in [5.41, 5.74) is 0. The molecule has 11 heavy (non-hydrogen) atoms. The molecule has 0 aliphatic heterocycles. The maximum atomic E-state index is 7.21. The van der Waals surface area contributed by atoms with Gasteiger partial charge in [-0.2, -0.15) is 0 Å². The molecule has 0 N–H and O–H groups in total. The van der Waals surface area contributed by atoms with E-state index >= 15 is 0 Å². The van der Waals surface area contributed by atoms with Crippen LogP contribution in [0.4, 0.5) is 5.82 Å². The van der Waals surface area contributed by atoms with Crippen LogP contribution in [0.3, 0.4) is 0 Å². The Hall–Kier alpha value is -1.25. The second-order valence-electron chi connectivity index (χ2n) is 1.89. The molecule has 0 spiro atoms. The van der Waals surface area contributed by atoms with E-state index in [9.17, 15) is 0 Å². The molecule has 1 aromatic heterocycles. The van der Waals surface area contributed by atoms with Crippen LogP contribution in [0.1, 0.15) is 8.22 Å². The van der Waals surface area contributed by atoms with Crippen molar-refractivity contribution in [1.29, 1.82) is 0 Å². The zero-order chi connectivity index (χ0) is 13.3. The quantitative estimate of drug-likeness (QED) is 0.645. The summed E-state index contributed by atoms with van der Waals surface area (Å²) in [6.45, 7) is -5.57. The molecule has 0 unspecified atom stereocenters. The summed E-state index contributed by atoms with van der Waals surface area (Å²) in [6.07, 6.45) is 1.26. The van der Waals surface area contributed by atoms with E-state index in [0.717, 1.165) is 0 Å². The maximum Gasteiger partial charge on any atom is 0.137 e. The monoisotopic (exact) mass is 158 g/mol. The molecule has 0 radical (unpaired) electrons. The summed E-state index contributed by atoms with van der Waals surface area (Å²) in [4.78, 5) is 4.08. The summed E-state index contributed by atoms with van der Waals surface area (Å²) in [5.74, 6) is 0.274. The maximum absolute atomic E-state index is 7.21. The summed E-state index contributed by atoms with van der Waals surface area (Å²) in [5, 5.41) is 0. The molecule has 3 heteroatoms. The Morgan fingerprint density at radius 3 is 2.82 bits per heavy atom. The van der Waals surface area contributed by atoms with E-state index in [1.54, 1.807) is 0 Å². The molecule has 0 aliphatic rings. The highest BCUT2D eigenvalue weighted by Crippen LogP contribution is 2.12. The molecular formula is C8H12N2O. The van der Waals surface area contributed by atoms with Crippen LogP contribution in [0.25, 0.3) is 0 Å². The first kappa shape index (κ1) is 3.01. The van der Waals surface area contributed by atoms with Crippen LogP contribution in [0.5, 0.6) is 5.75 Å². The molecule has 0 amide bonds. The smallest absolute Gasteiger partial charge is 0.137 e. The van der Waals surface area contributed by atoms with Gasteiger partial charge >= 0.3 is 0 Å². The molecular weight excluding hydrogens is 140 g/mol. The number of ether oxygens (including phenoxy) is 1. The van der Waals surface area contributed by atoms with Crippen LogP contribution in [0.2, 0.25) is 0 Å². The van der Waals surface area contributed by atoms with Crippen molar-refractivity contribution in [2.45, 2.75) is 0 Å². The molecule has 60 valence electrons. The fourth-order valence-corrected chi connectivity index (χ4v) is 0.626. The van der Waals surface area contributed by atoms with Crippen molar-refractivity contribution in [3.8, 4) is 5.75 Å². The number of anilines is 1. The van der Waals surface area contributed by atoms with Gasteiger partial charge < -0.3 is 9.64 Å². The van der Waals surface area contributed by atoms with E-state index in [2.05, 4.69) is 4.98 Å². The predicted molar refractivity (Wildman–Crippen MR) is 45.1 cm³/mol. The van der Waals surface area contributed by atoms with Gasteiger partial charge in [0.1, 0.15) is 11.6 Å². The lowest BCUT2D eigenvalue weighted by atomic mass is 10.4. The van der Waals surface area contributed by atoms with Crippen molar-refractivity contribution < 1.29 is 13.0 Å². The highest BCUT2D eigenvalue weighted by Gasteiger charge is 1.95. The molecule has 3 nitrogen and oxygen atoms in total. The number of hydrogen-bond donors (Lipinski definition) is 0. The highest BCUT2D eigenvalue weighted by atomic mass is 16.5. The van der Waals surface area contributed by atoms with Crippen LogP contribution < -0.4 is 9.64 Å². The Balaban J connectivity index is 3.14. The van der Waals surface area contributed by atoms with Gasteiger partial charge in [-0.15, -0.1) is 0 Å². The Morgan fingerprint density at radius 2 is 2.36 bits per heavy atom. The van der Waals surface area contributed by atoms with Crippen molar-refractivity contribution in [1.82, 2.24) is 4.98 Å². The summed E-state index contributed by atoms with van der Waals surface area (Å²) < 4.78 is 48.1. The number of pyridine rings is 1. The van der Waals surface area contributed by atoms with Gasteiger partial charge in [-0.1, -0.05) is 0 Å². The first-order valence-corrected chi connectivity index (χ1v) is 2.96. The average molecular weight is 158 g/mol. The van der Waals surface area contributed by atoms with Gasteiger partial charge in [0.15, 0.2) is 0 Å². The lowest BCUT2D eigenvalue weighted by Gasteiger charge is -2.10. The van der Waals surface area contributed by atoms with Gasteiger partial charge in [-0.3, -0.25) is 0 Å². The van der Waals surface area contributed by atoms with E-state index in [1.165, 1.54) is 25.4 Å². The minimum Gasteiger partial charge on any atom is -0.495 e. The van der Waals surface area contributed by atoms with Crippen LogP contribution in [0.15, 0.2) is 18.3 Å². The standard InChI is InChI=1S/C8H12N2O/c1-10(2)8-5-4-7(11-3)6-9-8/h4-6H,1-3H3/i1D3,2D3. The molecule has 0 bridgehead atoms. The summed E-state index contributed by atoms with van der Waals surface area (Å²) in [7, 11) is 1.43. The van der Waals surface area contributed by atoms with Crippen molar-refractivity contribution in [2.24, 2.45) is 0 Å². The highest BCUT2D eigenvalue weighted by molar-refractivity contribution is 5.38. The van der Waals surface area contributed by atoms with Crippen LogP contribution in [-0.2, 0) is 0 Å². The molecule has 1 rings (SSSR count). The molecule has 1 heterocycles. The second-order valence-corrected chi connectivity index (χ2v) is 1.89. The third-order valence-electron chi connectivity index (χ3n) is 1.19. The number of aromatic nitrogens is 1. The van der Waals surface area contributed by atoms with Crippen molar-refractivity contribution in [3.05, 3.63) is 18.3 Å².